The summed E-state index contributed by atoms with van der Waals surface area (Å²) in [6, 6.07) is 3.43. The van der Waals surface area contributed by atoms with E-state index in [1.165, 1.54) is 6.07 Å². The molecule has 5 heteroatoms. The van der Waals surface area contributed by atoms with Gasteiger partial charge in [0, 0.05) is 25.2 Å². The second kappa shape index (κ2) is 6.38. The fraction of sp³-hybridized carbons (Fsp3) is 0.538. The van der Waals surface area contributed by atoms with Crippen LogP contribution in [0.2, 0.25) is 0 Å². The number of halogens is 2. The van der Waals surface area contributed by atoms with Crippen LogP contribution in [0.5, 0.6) is 0 Å². The maximum atomic E-state index is 13.4. The molecule has 0 fully saturated rings. The van der Waals surface area contributed by atoms with Gasteiger partial charge in [0.15, 0.2) is 0 Å². The van der Waals surface area contributed by atoms with Gasteiger partial charge in [0.25, 0.3) is 0 Å². The van der Waals surface area contributed by atoms with Crippen LogP contribution in [0.15, 0.2) is 16.6 Å². The number of nitrogens with zero attached hydrogens (tertiary/aromatic N) is 2. The van der Waals surface area contributed by atoms with Gasteiger partial charge in [-0.15, -0.1) is 0 Å². The Kier molecular flexibility index (Phi) is 5.41. The highest BCUT2D eigenvalue weighted by molar-refractivity contribution is 9.10. The third-order valence-electron chi connectivity index (χ3n) is 2.88. The molecular weight excluding hydrogens is 297 g/mol. The van der Waals surface area contributed by atoms with E-state index in [2.05, 4.69) is 39.6 Å². The number of anilines is 2. The summed E-state index contributed by atoms with van der Waals surface area (Å²) in [4.78, 5) is 4.31. The lowest BCUT2D eigenvalue weighted by Crippen LogP contribution is -2.40. The highest BCUT2D eigenvalue weighted by atomic mass is 79.9. The molecule has 0 spiro atoms. The number of benzene rings is 1. The smallest absolute Gasteiger partial charge is 0.139 e. The van der Waals surface area contributed by atoms with E-state index in [0.29, 0.717) is 16.2 Å². The third kappa shape index (κ3) is 3.59. The second-order valence-corrected chi connectivity index (χ2v) is 5.58. The lowest BCUT2D eigenvalue weighted by Gasteiger charge is -2.33. The topological polar surface area (TPSA) is 32.5 Å². The Hall–Kier alpha value is -0.810. The Bertz CT molecular complexity index is 409. The summed E-state index contributed by atoms with van der Waals surface area (Å²) in [7, 11) is 4.07. The molecule has 1 rings (SSSR count). The number of rotatable bonds is 5. The SMILES string of the molecule is CCN(c1cc(Br)c(F)cc1N)C(C)CN(C)C. The van der Waals surface area contributed by atoms with Crippen molar-refractivity contribution in [3.8, 4) is 0 Å². The largest absolute Gasteiger partial charge is 0.397 e. The fourth-order valence-electron chi connectivity index (χ4n) is 2.15. The van der Waals surface area contributed by atoms with Gasteiger partial charge in [-0.05, 0) is 49.9 Å². The Morgan fingerprint density at radius 1 is 1.39 bits per heavy atom. The van der Waals surface area contributed by atoms with Gasteiger partial charge in [0.05, 0.1) is 15.8 Å². The molecule has 0 saturated heterocycles. The van der Waals surface area contributed by atoms with Crippen molar-refractivity contribution in [2.75, 3.05) is 37.8 Å². The van der Waals surface area contributed by atoms with Crippen molar-refractivity contribution in [1.29, 1.82) is 0 Å². The molecule has 1 atom stereocenters. The van der Waals surface area contributed by atoms with Gasteiger partial charge in [-0.1, -0.05) is 0 Å². The first-order valence-electron chi connectivity index (χ1n) is 6.02. The minimum absolute atomic E-state index is 0.310. The van der Waals surface area contributed by atoms with Crippen LogP contribution in [0, 0.1) is 5.82 Å². The van der Waals surface area contributed by atoms with E-state index < -0.39 is 0 Å². The van der Waals surface area contributed by atoms with E-state index >= 15 is 0 Å². The van der Waals surface area contributed by atoms with Gasteiger partial charge in [0.1, 0.15) is 5.82 Å². The maximum absolute atomic E-state index is 13.4. The van der Waals surface area contributed by atoms with Crippen molar-refractivity contribution in [3.05, 3.63) is 22.4 Å². The molecule has 0 aliphatic rings. The van der Waals surface area contributed by atoms with Crippen molar-refractivity contribution in [3.63, 3.8) is 0 Å². The number of nitrogens with two attached hydrogens (primary N) is 1. The highest BCUT2D eigenvalue weighted by Gasteiger charge is 2.17. The lowest BCUT2D eigenvalue weighted by atomic mass is 10.2. The quantitative estimate of drug-likeness (QED) is 0.847. The summed E-state index contributed by atoms with van der Waals surface area (Å²) in [6.45, 7) is 5.96. The van der Waals surface area contributed by atoms with Crippen LogP contribution < -0.4 is 10.6 Å². The molecule has 0 aromatic heterocycles. The third-order valence-corrected chi connectivity index (χ3v) is 3.49. The number of nitrogen functional groups attached to an aromatic ring is 1. The van der Waals surface area contributed by atoms with Gasteiger partial charge in [0.2, 0.25) is 0 Å². The molecule has 3 nitrogen and oxygen atoms in total. The predicted molar refractivity (Wildman–Crippen MR) is 79.5 cm³/mol. The van der Waals surface area contributed by atoms with Crippen LogP contribution in [-0.4, -0.2) is 38.1 Å². The van der Waals surface area contributed by atoms with Crippen LogP contribution in [0.3, 0.4) is 0 Å². The molecule has 2 N–H and O–H groups in total. The van der Waals surface area contributed by atoms with Crippen LogP contribution >= 0.6 is 15.9 Å². The normalized spacial score (nSPS) is 12.8. The van der Waals surface area contributed by atoms with Crippen LogP contribution in [-0.2, 0) is 0 Å². The summed E-state index contributed by atoms with van der Waals surface area (Å²) in [5, 5.41) is 0. The number of hydrogen-bond donors (Lipinski definition) is 1. The summed E-state index contributed by atoms with van der Waals surface area (Å²) in [6.07, 6.45) is 0. The molecule has 18 heavy (non-hydrogen) atoms. The van der Waals surface area contributed by atoms with Crippen molar-refractivity contribution >= 4 is 27.3 Å². The van der Waals surface area contributed by atoms with E-state index in [1.807, 2.05) is 14.1 Å². The van der Waals surface area contributed by atoms with Crippen molar-refractivity contribution < 1.29 is 4.39 Å². The number of likely N-dealkylation sites (N-methyl/N-ethyl adjacent to an activating group) is 2. The molecule has 1 aromatic rings. The van der Waals surface area contributed by atoms with Crippen LogP contribution in [0.4, 0.5) is 15.8 Å². The second-order valence-electron chi connectivity index (χ2n) is 4.72. The van der Waals surface area contributed by atoms with Crippen molar-refractivity contribution in [2.45, 2.75) is 19.9 Å². The lowest BCUT2D eigenvalue weighted by molar-refractivity contribution is 0.373. The monoisotopic (exact) mass is 317 g/mol. The maximum Gasteiger partial charge on any atom is 0.139 e. The first kappa shape index (κ1) is 15.2. The molecule has 0 aliphatic carbocycles. The minimum atomic E-state index is -0.326. The Labute approximate surface area is 117 Å². The molecule has 0 aliphatic heterocycles. The van der Waals surface area contributed by atoms with Crippen LogP contribution in [0.1, 0.15) is 13.8 Å². The van der Waals surface area contributed by atoms with Gasteiger partial charge in [-0.3, -0.25) is 0 Å². The highest BCUT2D eigenvalue weighted by Crippen LogP contribution is 2.30. The molecule has 102 valence electrons. The first-order valence-corrected chi connectivity index (χ1v) is 6.82. The zero-order chi connectivity index (χ0) is 13.9. The van der Waals surface area contributed by atoms with Crippen molar-refractivity contribution in [1.82, 2.24) is 4.90 Å². The van der Waals surface area contributed by atoms with Gasteiger partial charge in [-0.2, -0.15) is 0 Å². The molecule has 0 bridgehead atoms. The average molecular weight is 318 g/mol. The molecular formula is C13H21BrFN3. The Balaban J connectivity index is 3.05. The van der Waals surface area contributed by atoms with Crippen LogP contribution in [0.25, 0.3) is 0 Å². The molecule has 0 saturated carbocycles. The summed E-state index contributed by atoms with van der Waals surface area (Å²) >= 11 is 3.21. The van der Waals surface area contributed by atoms with E-state index in [4.69, 9.17) is 5.73 Å². The Morgan fingerprint density at radius 3 is 2.50 bits per heavy atom. The fourth-order valence-corrected chi connectivity index (χ4v) is 2.48. The Morgan fingerprint density at radius 2 is 2.00 bits per heavy atom. The van der Waals surface area contributed by atoms with Gasteiger partial charge >= 0.3 is 0 Å². The zero-order valence-corrected chi connectivity index (χ0v) is 13.0. The van der Waals surface area contributed by atoms with E-state index in [9.17, 15) is 4.39 Å². The molecule has 0 amide bonds. The van der Waals surface area contributed by atoms with E-state index in [1.54, 1.807) is 6.07 Å². The van der Waals surface area contributed by atoms with Gasteiger partial charge < -0.3 is 15.5 Å². The summed E-state index contributed by atoms with van der Waals surface area (Å²) < 4.78 is 13.8. The molecule has 1 aromatic carbocycles. The standard InChI is InChI=1S/C13H21BrFN3/c1-5-18(9(2)8-17(3)4)13-6-10(14)11(15)7-12(13)16/h6-7,9H,5,8,16H2,1-4H3. The van der Waals surface area contributed by atoms with Crippen molar-refractivity contribution in [2.24, 2.45) is 0 Å². The summed E-state index contributed by atoms with van der Waals surface area (Å²) in [5.74, 6) is -0.326. The zero-order valence-electron chi connectivity index (χ0n) is 11.4. The van der Waals surface area contributed by atoms with Gasteiger partial charge in [-0.25, -0.2) is 4.39 Å². The molecule has 0 heterocycles. The molecule has 1 unspecified atom stereocenters. The first-order chi connectivity index (χ1) is 8.36. The molecule has 0 radical (unpaired) electrons. The minimum Gasteiger partial charge on any atom is -0.397 e. The predicted octanol–water partition coefficient (Wildman–Crippen LogP) is 2.95. The van der Waals surface area contributed by atoms with E-state index in [0.717, 1.165) is 18.8 Å². The number of hydrogen-bond acceptors (Lipinski definition) is 3. The average Bonchev–Trinajstić information content (AvgIpc) is 2.25. The van der Waals surface area contributed by atoms with E-state index in [-0.39, 0.29) is 5.82 Å². The summed E-state index contributed by atoms with van der Waals surface area (Å²) in [5.41, 5.74) is 7.27.